The van der Waals surface area contributed by atoms with E-state index in [0.29, 0.717) is 4.47 Å². The van der Waals surface area contributed by atoms with Crippen LogP contribution in [0.5, 0.6) is 0 Å². The molecule has 0 heterocycles. The van der Waals surface area contributed by atoms with E-state index in [9.17, 15) is 13.0 Å². The van der Waals surface area contributed by atoms with Gasteiger partial charge in [0, 0.05) is 4.47 Å². The van der Waals surface area contributed by atoms with Crippen LogP contribution in [0.25, 0.3) is 0 Å². The fourth-order valence-electron chi connectivity index (χ4n) is 0.647. The summed E-state index contributed by atoms with van der Waals surface area (Å²) in [6.45, 7) is 0. The molecule has 0 fully saturated rings. The standard InChI is InChI=1S/C6H4BrO3S/c7-5-3-1-2-4-6(5)11(8,9)10/h1-4H. The fourth-order valence-corrected chi connectivity index (χ4v) is 2.08. The summed E-state index contributed by atoms with van der Waals surface area (Å²) in [5, 5.41) is 0. The van der Waals surface area contributed by atoms with E-state index >= 15 is 0 Å². The maximum absolute atomic E-state index is 10.5. The zero-order chi connectivity index (χ0) is 8.48. The quantitative estimate of drug-likeness (QED) is 0.743. The van der Waals surface area contributed by atoms with Crippen LogP contribution in [0.15, 0.2) is 33.6 Å². The van der Waals surface area contributed by atoms with Gasteiger partial charge in [0.05, 0.1) is 0 Å². The molecule has 0 aliphatic heterocycles. The molecular weight excluding hydrogens is 232 g/mol. The molecule has 5 heteroatoms. The Kier molecular flexibility index (Phi) is 2.31. The lowest BCUT2D eigenvalue weighted by Crippen LogP contribution is -1.96. The van der Waals surface area contributed by atoms with Crippen molar-refractivity contribution in [3.05, 3.63) is 28.7 Å². The minimum Gasteiger partial charge on any atom is -0.191 e. The maximum Gasteiger partial charge on any atom is 0.325 e. The van der Waals surface area contributed by atoms with Crippen molar-refractivity contribution < 1.29 is 13.0 Å². The SMILES string of the molecule is [O]S(=O)(=O)c1ccccc1Br. The molecule has 0 unspecified atom stereocenters. The second-order valence-corrected chi connectivity index (χ2v) is 4.09. The molecule has 0 aliphatic carbocycles. The van der Waals surface area contributed by atoms with Gasteiger partial charge in [0.25, 0.3) is 0 Å². The molecule has 1 aromatic rings. The average molecular weight is 236 g/mol. The third-order valence-corrected chi connectivity index (χ3v) is 2.95. The van der Waals surface area contributed by atoms with Gasteiger partial charge in [-0.05, 0) is 28.1 Å². The molecule has 59 valence electrons. The van der Waals surface area contributed by atoms with Crippen molar-refractivity contribution in [1.29, 1.82) is 0 Å². The molecule has 0 aromatic heterocycles. The van der Waals surface area contributed by atoms with Crippen LogP contribution in [0.2, 0.25) is 0 Å². The lowest BCUT2D eigenvalue weighted by atomic mass is 10.4. The first-order valence-corrected chi connectivity index (χ1v) is 4.92. The summed E-state index contributed by atoms with van der Waals surface area (Å²) < 4.78 is 31.7. The first kappa shape index (κ1) is 8.70. The predicted molar refractivity (Wildman–Crippen MR) is 42.0 cm³/mol. The van der Waals surface area contributed by atoms with Crippen molar-refractivity contribution in [2.75, 3.05) is 0 Å². The monoisotopic (exact) mass is 235 g/mol. The molecule has 0 aliphatic rings. The summed E-state index contributed by atoms with van der Waals surface area (Å²) >= 11 is 2.95. The Morgan fingerprint density at radius 3 is 2.09 bits per heavy atom. The number of rotatable bonds is 1. The first-order chi connectivity index (χ1) is 5.02. The Morgan fingerprint density at radius 1 is 1.18 bits per heavy atom. The Labute approximate surface area is 72.9 Å². The summed E-state index contributed by atoms with van der Waals surface area (Å²) in [4.78, 5) is -0.222. The minimum atomic E-state index is -4.33. The highest BCUT2D eigenvalue weighted by Gasteiger charge is 2.13. The molecule has 0 spiro atoms. The Balaban J connectivity index is 3.37. The number of benzene rings is 1. The predicted octanol–water partition coefficient (Wildman–Crippen LogP) is 1.57. The van der Waals surface area contributed by atoms with Crippen LogP contribution in [0, 0.1) is 0 Å². The van der Waals surface area contributed by atoms with Crippen molar-refractivity contribution in [3.63, 3.8) is 0 Å². The van der Waals surface area contributed by atoms with E-state index in [-0.39, 0.29) is 4.90 Å². The van der Waals surface area contributed by atoms with Crippen molar-refractivity contribution in [2.45, 2.75) is 4.90 Å². The molecule has 0 atom stereocenters. The molecule has 1 rings (SSSR count). The number of halogens is 1. The second kappa shape index (κ2) is 2.92. The Bertz CT molecular complexity index is 358. The number of hydrogen-bond acceptors (Lipinski definition) is 2. The topological polar surface area (TPSA) is 54.0 Å². The highest BCUT2D eigenvalue weighted by molar-refractivity contribution is 9.10. The molecule has 0 saturated heterocycles. The van der Waals surface area contributed by atoms with Gasteiger partial charge in [-0.25, -0.2) is 0 Å². The lowest BCUT2D eigenvalue weighted by Gasteiger charge is -1.95. The summed E-state index contributed by atoms with van der Waals surface area (Å²) in [6, 6.07) is 5.89. The van der Waals surface area contributed by atoms with E-state index < -0.39 is 10.1 Å². The normalized spacial score (nSPS) is 11.5. The molecule has 1 aromatic carbocycles. The van der Waals surface area contributed by atoms with Crippen LogP contribution in [0.3, 0.4) is 0 Å². The van der Waals surface area contributed by atoms with Crippen LogP contribution in [-0.4, -0.2) is 8.42 Å². The van der Waals surface area contributed by atoms with Gasteiger partial charge in [0.2, 0.25) is 0 Å². The first-order valence-electron chi connectivity index (χ1n) is 2.72. The lowest BCUT2D eigenvalue weighted by molar-refractivity contribution is 0.414. The van der Waals surface area contributed by atoms with Gasteiger partial charge >= 0.3 is 10.1 Å². The zero-order valence-corrected chi connectivity index (χ0v) is 7.72. The molecule has 1 radical (unpaired) electrons. The fraction of sp³-hybridized carbons (Fsp3) is 0. The molecule has 0 saturated carbocycles. The van der Waals surface area contributed by atoms with Crippen molar-refractivity contribution in [2.24, 2.45) is 0 Å². The van der Waals surface area contributed by atoms with Crippen LogP contribution in [-0.2, 0) is 14.7 Å². The third kappa shape index (κ3) is 2.02. The average Bonchev–Trinajstić information content (AvgIpc) is 1.86. The van der Waals surface area contributed by atoms with Crippen molar-refractivity contribution in [1.82, 2.24) is 0 Å². The van der Waals surface area contributed by atoms with E-state index in [1.54, 1.807) is 6.07 Å². The van der Waals surface area contributed by atoms with Gasteiger partial charge in [-0.3, -0.25) is 0 Å². The van der Waals surface area contributed by atoms with E-state index in [1.165, 1.54) is 18.2 Å². The van der Waals surface area contributed by atoms with Crippen molar-refractivity contribution in [3.8, 4) is 0 Å². The minimum absolute atomic E-state index is 0.222. The van der Waals surface area contributed by atoms with Crippen LogP contribution < -0.4 is 0 Å². The van der Waals surface area contributed by atoms with Gasteiger partial charge in [0.15, 0.2) is 0 Å². The largest absolute Gasteiger partial charge is 0.325 e. The molecule has 0 bridgehead atoms. The Hall–Kier alpha value is -0.390. The van der Waals surface area contributed by atoms with Crippen LogP contribution in [0.4, 0.5) is 0 Å². The van der Waals surface area contributed by atoms with Crippen molar-refractivity contribution >= 4 is 26.0 Å². The van der Waals surface area contributed by atoms with Crippen LogP contribution >= 0.6 is 15.9 Å². The second-order valence-electron chi connectivity index (χ2n) is 1.88. The molecule has 0 amide bonds. The third-order valence-electron chi connectivity index (χ3n) is 1.11. The summed E-state index contributed by atoms with van der Waals surface area (Å²) in [5.41, 5.74) is 0. The molecule has 11 heavy (non-hydrogen) atoms. The van der Waals surface area contributed by atoms with E-state index in [0.717, 1.165) is 0 Å². The van der Waals surface area contributed by atoms with Gasteiger partial charge in [0.1, 0.15) is 4.90 Å². The smallest absolute Gasteiger partial charge is 0.191 e. The zero-order valence-electron chi connectivity index (χ0n) is 5.32. The van der Waals surface area contributed by atoms with E-state index in [2.05, 4.69) is 15.9 Å². The summed E-state index contributed by atoms with van der Waals surface area (Å²) in [5.74, 6) is 0. The summed E-state index contributed by atoms with van der Waals surface area (Å²) in [7, 11) is -4.33. The summed E-state index contributed by atoms with van der Waals surface area (Å²) in [6.07, 6.45) is 0. The van der Waals surface area contributed by atoms with Gasteiger partial charge in [-0.15, -0.1) is 0 Å². The molecular formula is C6H4BrO3S. The van der Waals surface area contributed by atoms with E-state index in [4.69, 9.17) is 0 Å². The van der Waals surface area contributed by atoms with Crippen LogP contribution in [0.1, 0.15) is 0 Å². The molecule has 3 nitrogen and oxygen atoms in total. The van der Waals surface area contributed by atoms with Gasteiger partial charge in [-0.2, -0.15) is 8.42 Å². The van der Waals surface area contributed by atoms with E-state index in [1.807, 2.05) is 0 Å². The van der Waals surface area contributed by atoms with Gasteiger partial charge < -0.3 is 0 Å². The highest BCUT2D eigenvalue weighted by Crippen LogP contribution is 2.20. The highest BCUT2D eigenvalue weighted by atomic mass is 79.9. The maximum atomic E-state index is 10.5. The Morgan fingerprint density at radius 2 is 1.73 bits per heavy atom. The van der Waals surface area contributed by atoms with Gasteiger partial charge in [-0.1, -0.05) is 16.7 Å². The molecule has 0 N–H and O–H groups in total. The number of hydrogen-bond donors (Lipinski definition) is 0.